The minimum atomic E-state index is -0.990. The number of benzene rings is 1. The van der Waals surface area contributed by atoms with Crippen LogP contribution in [-0.2, 0) is 6.54 Å². The fraction of sp³-hybridized carbons (Fsp3) is 0.200. The second kappa shape index (κ2) is 5.41. The van der Waals surface area contributed by atoms with Crippen LogP contribution in [0.4, 0.5) is 0 Å². The number of carboxylic acids is 1. The van der Waals surface area contributed by atoms with Gasteiger partial charge in [-0.3, -0.25) is 0 Å². The van der Waals surface area contributed by atoms with E-state index in [-0.39, 0.29) is 11.6 Å². The van der Waals surface area contributed by atoms with Crippen LogP contribution in [-0.4, -0.2) is 21.0 Å². The number of nitrogens with zero attached hydrogens (tertiary/aromatic N) is 1. The van der Waals surface area contributed by atoms with Crippen LogP contribution < -0.4 is 5.32 Å². The Labute approximate surface area is 120 Å². The van der Waals surface area contributed by atoms with E-state index in [9.17, 15) is 4.79 Å². The Kier molecular flexibility index (Phi) is 3.45. The molecule has 6 nitrogen and oxygen atoms in total. The quantitative estimate of drug-likeness (QED) is 0.670. The van der Waals surface area contributed by atoms with E-state index in [1.54, 1.807) is 0 Å². The molecule has 3 N–H and O–H groups in total. The predicted molar refractivity (Wildman–Crippen MR) is 77.0 cm³/mol. The zero-order valence-electron chi connectivity index (χ0n) is 11.5. The molecule has 0 saturated carbocycles. The van der Waals surface area contributed by atoms with E-state index in [0.29, 0.717) is 12.3 Å². The van der Waals surface area contributed by atoms with E-state index < -0.39 is 5.97 Å². The summed E-state index contributed by atoms with van der Waals surface area (Å²) in [5.41, 5.74) is 2.07. The Morgan fingerprint density at radius 2 is 2.29 bits per heavy atom. The molecule has 3 aromatic rings. The molecule has 3 rings (SSSR count). The summed E-state index contributed by atoms with van der Waals surface area (Å²) in [4.78, 5) is 18.6. The average Bonchev–Trinajstić information content (AvgIpc) is 3.11. The molecule has 1 aromatic carbocycles. The Balaban J connectivity index is 1.67. The van der Waals surface area contributed by atoms with Crippen molar-refractivity contribution in [1.29, 1.82) is 0 Å². The van der Waals surface area contributed by atoms with Crippen LogP contribution in [0.25, 0.3) is 11.0 Å². The molecule has 0 spiro atoms. The van der Waals surface area contributed by atoms with Crippen LogP contribution >= 0.6 is 0 Å². The van der Waals surface area contributed by atoms with Gasteiger partial charge in [0.1, 0.15) is 17.8 Å². The zero-order valence-corrected chi connectivity index (χ0v) is 11.5. The molecule has 0 aliphatic rings. The van der Waals surface area contributed by atoms with E-state index in [4.69, 9.17) is 9.52 Å². The molecule has 1 unspecified atom stereocenters. The second-order valence-electron chi connectivity index (χ2n) is 4.85. The second-order valence-corrected chi connectivity index (χ2v) is 4.85. The third-order valence-electron chi connectivity index (χ3n) is 3.30. The highest BCUT2D eigenvalue weighted by atomic mass is 16.4. The van der Waals surface area contributed by atoms with Gasteiger partial charge in [0.15, 0.2) is 0 Å². The molecule has 108 valence electrons. The standard InChI is InChI=1S/C15H15N3O3/c1-9(14-17-12-4-2-3-5-13(12)18-14)16-7-11-6-10(8-21-11)15(19)20/h2-6,8-9,16H,7H2,1H3,(H,17,18)(H,19,20). The molecule has 2 heterocycles. The van der Waals surface area contributed by atoms with Crippen molar-refractivity contribution >= 4 is 17.0 Å². The molecule has 0 fully saturated rings. The summed E-state index contributed by atoms with van der Waals surface area (Å²) in [7, 11) is 0. The molecule has 1 atom stereocenters. The number of H-pyrrole nitrogens is 1. The lowest BCUT2D eigenvalue weighted by atomic mass is 10.3. The van der Waals surface area contributed by atoms with Gasteiger partial charge in [-0.05, 0) is 25.1 Å². The predicted octanol–water partition coefficient (Wildman–Crippen LogP) is 2.70. The maximum atomic E-state index is 10.8. The van der Waals surface area contributed by atoms with Gasteiger partial charge < -0.3 is 19.8 Å². The molecule has 0 bridgehead atoms. The van der Waals surface area contributed by atoms with Crippen molar-refractivity contribution in [1.82, 2.24) is 15.3 Å². The number of imidazole rings is 1. The highest BCUT2D eigenvalue weighted by molar-refractivity contribution is 5.87. The van der Waals surface area contributed by atoms with Crippen LogP contribution in [0.3, 0.4) is 0 Å². The number of para-hydroxylation sites is 2. The first kappa shape index (κ1) is 13.4. The normalized spacial score (nSPS) is 12.6. The third kappa shape index (κ3) is 2.80. The van der Waals surface area contributed by atoms with Crippen LogP contribution in [0.5, 0.6) is 0 Å². The van der Waals surface area contributed by atoms with Crippen molar-refractivity contribution in [3.8, 4) is 0 Å². The molecule has 0 radical (unpaired) electrons. The van der Waals surface area contributed by atoms with E-state index in [0.717, 1.165) is 16.9 Å². The van der Waals surface area contributed by atoms with E-state index >= 15 is 0 Å². The number of aromatic carboxylic acids is 1. The first-order chi connectivity index (χ1) is 10.1. The van der Waals surface area contributed by atoms with Crippen LogP contribution in [0.2, 0.25) is 0 Å². The van der Waals surface area contributed by atoms with Crippen molar-refractivity contribution in [2.45, 2.75) is 19.5 Å². The molecule has 2 aromatic heterocycles. The van der Waals surface area contributed by atoms with Gasteiger partial charge in [-0.1, -0.05) is 12.1 Å². The number of carboxylic acid groups (broad SMARTS) is 1. The van der Waals surface area contributed by atoms with E-state index in [2.05, 4.69) is 15.3 Å². The topological polar surface area (TPSA) is 91.2 Å². The largest absolute Gasteiger partial charge is 0.478 e. The lowest BCUT2D eigenvalue weighted by Crippen LogP contribution is -2.18. The number of nitrogens with one attached hydrogen (secondary N) is 2. The Bertz CT molecular complexity index is 742. The number of furan rings is 1. The van der Waals surface area contributed by atoms with Crippen molar-refractivity contribution in [2.24, 2.45) is 0 Å². The van der Waals surface area contributed by atoms with Gasteiger partial charge in [0.25, 0.3) is 0 Å². The summed E-state index contributed by atoms with van der Waals surface area (Å²) in [6.07, 6.45) is 1.24. The maximum Gasteiger partial charge on any atom is 0.338 e. The summed E-state index contributed by atoms with van der Waals surface area (Å²) in [5, 5.41) is 12.1. The van der Waals surface area contributed by atoms with Gasteiger partial charge in [-0.25, -0.2) is 9.78 Å². The first-order valence-corrected chi connectivity index (χ1v) is 6.62. The van der Waals surface area contributed by atoms with Gasteiger partial charge >= 0.3 is 5.97 Å². The van der Waals surface area contributed by atoms with Crippen LogP contribution in [0.15, 0.2) is 41.0 Å². The lowest BCUT2D eigenvalue weighted by molar-refractivity contribution is 0.0696. The fourth-order valence-electron chi connectivity index (χ4n) is 2.11. The zero-order chi connectivity index (χ0) is 14.8. The Hall–Kier alpha value is -2.60. The maximum absolute atomic E-state index is 10.8. The summed E-state index contributed by atoms with van der Waals surface area (Å²) in [6, 6.07) is 9.34. The fourth-order valence-corrected chi connectivity index (χ4v) is 2.11. The summed E-state index contributed by atoms with van der Waals surface area (Å²) < 4.78 is 5.20. The minimum absolute atomic E-state index is 0.00391. The van der Waals surface area contributed by atoms with Gasteiger partial charge in [-0.2, -0.15) is 0 Å². The number of fused-ring (bicyclic) bond motifs is 1. The van der Waals surface area contributed by atoms with Gasteiger partial charge in [-0.15, -0.1) is 0 Å². The molecular weight excluding hydrogens is 270 g/mol. The van der Waals surface area contributed by atoms with Gasteiger partial charge in [0.2, 0.25) is 0 Å². The summed E-state index contributed by atoms with van der Waals surface area (Å²) >= 11 is 0. The van der Waals surface area contributed by atoms with Crippen LogP contribution in [0.1, 0.15) is 34.9 Å². The number of aromatic amines is 1. The van der Waals surface area contributed by atoms with Crippen LogP contribution in [0, 0.1) is 0 Å². The van der Waals surface area contributed by atoms with Crippen molar-refractivity contribution < 1.29 is 14.3 Å². The lowest BCUT2D eigenvalue weighted by Gasteiger charge is -2.09. The third-order valence-corrected chi connectivity index (χ3v) is 3.30. The summed E-state index contributed by atoms with van der Waals surface area (Å²) in [6.45, 7) is 2.42. The average molecular weight is 285 g/mol. The number of hydrogen-bond donors (Lipinski definition) is 3. The van der Waals surface area contributed by atoms with Crippen molar-refractivity contribution in [3.63, 3.8) is 0 Å². The molecule has 0 saturated heterocycles. The smallest absolute Gasteiger partial charge is 0.338 e. The molecule has 21 heavy (non-hydrogen) atoms. The molecule has 6 heteroatoms. The SMILES string of the molecule is CC(NCc1cc(C(=O)O)co1)c1nc2ccccc2[nH]1. The summed E-state index contributed by atoms with van der Waals surface area (Å²) in [5.74, 6) is 0.423. The number of aromatic nitrogens is 2. The van der Waals surface area contributed by atoms with Gasteiger partial charge in [0, 0.05) is 0 Å². The highest BCUT2D eigenvalue weighted by Gasteiger charge is 2.12. The van der Waals surface area contributed by atoms with E-state index in [1.807, 2.05) is 31.2 Å². The number of hydrogen-bond acceptors (Lipinski definition) is 4. The van der Waals surface area contributed by atoms with Crippen molar-refractivity contribution in [3.05, 3.63) is 53.7 Å². The van der Waals surface area contributed by atoms with Crippen molar-refractivity contribution in [2.75, 3.05) is 0 Å². The first-order valence-electron chi connectivity index (χ1n) is 6.62. The van der Waals surface area contributed by atoms with E-state index in [1.165, 1.54) is 12.3 Å². The molecule has 0 aliphatic heterocycles. The number of rotatable bonds is 5. The molecule has 0 aliphatic carbocycles. The minimum Gasteiger partial charge on any atom is -0.478 e. The Morgan fingerprint density at radius 1 is 1.48 bits per heavy atom. The van der Waals surface area contributed by atoms with Gasteiger partial charge in [0.05, 0.1) is 29.2 Å². The number of carbonyl (C=O) groups is 1. The molecule has 0 amide bonds. The highest BCUT2D eigenvalue weighted by Crippen LogP contribution is 2.16. The monoisotopic (exact) mass is 285 g/mol. The molecular formula is C15H15N3O3. The Morgan fingerprint density at radius 3 is 3.00 bits per heavy atom.